The Hall–Kier alpha value is -3.30. The topological polar surface area (TPSA) is 98.3 Å². The maximum absolute atomic E-state index is 12.2. The summed E-state index contributed by atoms with van der Waals surface area (Å²) in [6, 6.07) is 22.7. The van der Waals surface area contributed by atoms with Gasteiger partial charge < -0.3 is 20.5 Å². The number of carbonyl (C=O) groups excluding carboxylic acids is 1. The first-order valence-corrected chi connectivity index (χ1v) is 12.3. The highest BCUT2D eigenvalue weighted by Crippen LogP contribution is 2.33. The van der Waals surface area contributed by atoms with Gasteiger partial charge in [0.05, 0.1) is 12.8 Å². The quantitative estimate of drug-likeness (QED) is 0.202. The van der Waals surface area contributed by atoms with Crippen molar-refractivity contribution in [1.29, 1.82) is 0 Å². The van der Waals surface area contributed by atoms with Crippen LogP contribution in [-0.2, 0) is 10.5 Å². The van der Waals surface area contributed by atoms with Gasteiger partial charge in [-0.1, -0.05) is 60.3 Å². The molecule has 0 saturated carbocycles. The molecular weight excluding hydrogens is 516 g/mol. The molecule has 3 aromatic rings. The summed E-state index contributed by atoms with van der Waals surface area (Å²) in [6.45, 7) is 2.15. The lowest BCUT2D eigenvalue weighted by molar-refractivity contribution is -0.118. The molecule has 0 saturated heterocycles. The van der Waals surface area contributed by atoms with Crippen molar-refractivity contribution in [3.8, 4) is 11.5 Å². The predicted molar refractivity (Wildman–Crippen MR) is 143 cm³/mol. The molecule has 0 heterocycles. The van der Waals surface area contributed by atoms with Crippen LogP contribution in [-0.4, -0.2) is 30.5 Å². The smallest absolute Gasteiger partial charge is 0.262 e. The Labute approximate surface area is 211 Å². The van der Waals surface area contributed by atoms with Crippen molar-refractivity contribution >= 4 is 50.7 Å². The van der Waals surface area contributed by atoms with E-state index in [9.17, 15) is 4.79 Å². The Morgan fingerprint density at radius 1 is 1.06 bits per heavy atom. The van der Waals surface area contributed by atoms with Crippen LogP contribution in [0.4, 0.5) is 5.69 Å². The zero-order valence-electron chi connectivity index (χ0n) is 18.6. The molecule has 9 heteroatoms. The Bertz CT molecular complexity index is 1140. The largest absolute Gasteiger partial charge is 0.490 e. The number of para-hydroxylation sites is 1. The van der Waals surface area contributed by atoms with Crippen molar-refractivity contribution in [2.75, 3.05) is 18.5 Å². The number of thioether (sulfide) groups is 1. The van der Waals surface area contributed by atoms with Gasteiger partial charge in [-0.3, -0.25) is 4.79 Å². The molecule has 0 fully saturated rings. The van der Waals surface area contributed by atoms with Crippen molar-refractivity contribution in [1.82, 2.24) is 0 Å². The molecule has 3 aromatic carbocycles. The van der Waals surface area contributed by atoms with E-state index in [4.69, 9.17) is 15.2 Å². The minimum Gasteiger partial charge on any atom is -0.490 e. The third-order valence-corrected chi connectivity index (χ3v) is 5.90. The van der Waals surface area contributed by atoms with Crippen molar-refractivity contribution in [3.63, 3.8) is 0 Å². The third kappa shape index (κ3) is 8.24. The van der Waals surface area contributed by atoms with Gasteiger partial charge in [-0.25, -0.2) is 0 Å². The third-order valence-electron chi connectivity index (χ3n) is 4.36. The number of hydrogen-bond acceptors (Lipinski definition) is 6. The van der Waals surface area contributed by atoms with Crippen molar-refractivity contribution in [2.45, 2.75) is 12.7 Å². The lowest BCUT2D eigenvalue weighted by atomic mass is 10.2. The predicted octanol–water partition coefficient (Wildman–Crippen LogP) is 5.45. The standard InChI is InChI=1S/C25H25BrN4O3S/c1-2-32-22-13-19(15-28-30-25(27)34-17-18-9-5-3-6-10-18)21(26)14-23(22)33-16-24(31)29-20-11-7-4-8-12-20/h3-15H,2,16-17H2,1H3,(H2,27,30)(H,29,31). The van der Waals surface area contributed by atoms with Crippen LogP contribution in [0.5, 0.6) is 11.5 Å². The zero-order valence-corrected chi connectivity index (χ0v) is 21.0. The van der Waals surface area contributed by atoms with Crippen LogP contribution < -0.4 is 20.5 Å². The Morgan fingerprint density at radius 3 is 2.44 bits per heavy atom. The van der Waals surface area contributed by atoms with E-state index in [-0.39, 0.29) is 12.5 Å². The monoisotopic (exact) mass is 540 g/mol. The summed E-state index contributed by atoms with van der Waals surface area (Å²) in [5.74, 6) is 1.38. The number of carbonyl (C=O) groups is 1. The van der Waals surface area contributed by atoms with E-state index >= 15 is 0 Å². The average Bonchev–Trinajstić information content (AvgIpc) is 2.85. The molecule has 0 radical (unpaired) electrons. The summed E-state index contributed by atoms with van der Waals surface area (Å²) in [4.78, 5) is 12.2. The molecule has 1 amide bonds. The number of nitrogens with one attached hydrogen (secondary N) is 1. The van der Waals surface area contributed by atoms with Crippen LogP contribution in [0.3, 0.4) is 0 Å². The number of ether oxygens (including phenoxy) is 2. The fourth-order valence-electron chi connectivity index (χ4n) is 2.80. The van der Waals surface area contributed by atoms with E-state index < -0.39 is 0 Å². The molecule has 0 atom stereocenters. The van der Waals surface area contributed by atoms with Gasteiger partial charge in [0, 0.05) is 21.5 Å². The van der Waals surface area contributed by atoms with E-state index in [1.54, 1.807) is 18.3 Å². The van der Waals surface area contributed by atoms with Crippen LogP contribution in [0.1, 0.15) is 18.1 Å². The number of nitrogens with zero attached hydrogens (tertiary/aromatic N) is 2. The summed E-state index contributed by atoms with van der Waals surface area (Å²) in [7, 11) is 0. The molecule has 7 nitrogen and oxygen atoms in total. The number of nitrogens with two attached hydrogens (primary N) is 1. The Balaban J connectivity index is 1.62. The molecule has 0 aliphatic rings. The second-order valence-corrected chi connectivity index (χ2v) is 8.76. The number of benzene rings is 3. The van der Waals surface area contributed by atoms with Crippen molar-refractivity contribution in [3.05, 3.63) is 88.4 Å². The van der Waals surface area contributed by atoms with E-state index in [2.05, 4.69) is 31.4 Å². The fraction of sp³-hybridized carbons (Fsp3) is 0.160. The van der Waals surface area contributed by atoms with E-state index in [1.165, 1.54) is 11.8 Å². The minimum absolute atomic E-state index is 0.158. The summed E-state index contributed by atoms with van der Waals surface area (Å²) < 4.78 is 12.1. The Morgan fingerprint density at radius 2 is 1.74 bits per heavy atom. The van der Waals surface area contributed by atoms with Crippen molar-refractivity contribution in [2.24, 2.45) is 15.9 Å². The Kier molecular flexibility index (Phi) is 9.99. The first-order chi connectivity index (χ1) is 16.5. The van der Waals surface area contributed by atoms with Crippen LogP contribution in [0.15, 0.2) is 87.5 Å². The second kappa shape index (κ2) is 13.4. The van der Waals surface area contributed by atoms with Crippen LogP contribution in [0.2, 0.25) is 0 Å². The summed E-state index contributed by atoms with van der Waals surface area (Å²) in [5, 5.41) is 11.3. The lowest BCUT2D eigenvalue weighted by Crippen LogP contribution is -2.20. The zero-order chi connectivity index (χ0) is 24.2. The van der Waals surface area contributed by atoms with Gasteiger partial charge in [0.15, 0.2) is 23.3 Å². The van der Waals surface area contributed by atoms with Crippen LogP contribution in [0, 0.1) is 0 Å². The van der Waals surface area contributed by atoms with E-state index in [0.29, 0.717) is 39.2 Å². The molecule has 3 N–H and O–H groups in total. The molecular formula is C25H25BrN4O3S. The van der Waals surface area contributed by atoms with Gasteiger partial charge in [0.25, 0.3) is 5.91 Å². The SMILES string of the molecule is CCOc1cc(C=NN=C(N)SCc2ccccc2)c(Br)cc1OCC(=O)Nc1ccccc1. The number of amides is 1. The van der Waals surface area contributed by atoms with Gasteiger partial charge in [-0.15, -0.1) is 5.10 Å². The van der Waals surface area contributed by atoms with Crippen molar-refractivity contribution < 1.29 is 14.3 Å². The highest BCUT2D eigenvalue weighted by molar-refractivity contribution is 9.10. The molecule has 176 valence electrons. The molecule has 0 unspecified atom stereocenters. The summed E-state index contributed by atoms with van der Waals surface area (Å²) in [5.41, 5.74) is 8.55. The maximum atomic E-state index is 12.2. The maximum Gasteiger partial charge on any atom is 0.262 e. The highest BCUT2D eigenvalue weighted by atomic mass is 79.9. The molecule has 0 aliphatic heterocycles. The molecule has 0 aliphatic carbocycles. The lowest BCUT2D eigenvalue weighted by Gasteiger charge is -2.13. The highest BCUT2D eigenvalue weighted by Gasteiger charge is 2.12. The molecule has 34 heavy (non-hydrogen) atoms. The number of amidine groups is 1. The molecule has 0 spiro atoms. The molecule has 0 aromatic heterocycles. The minimum atomic E-state index is -0.270. The summed E-state index contributed by atoms with van der Waals surface area (Å²) in [6.07, 6.45) is 1.58. The number of halogens is 1. The second-order valence-electron chi connectivity index (χ2n) is 6.91. The first kappa shape index (κ1) is 25.3. The van der Waals surface area contributed by atoms with Crippen LogP contribution in [0.25, 0.3) is 0 Å². The first-order valence-electron chi connectivity index (χ1n) is 10.5. The summed E-state index contributed by atoms with van der Waals surface area (Å²) >= 11 is 4.92. The van der Waals surface area contributed by atoms with Gasteiger partial charge in [0.2, 0.25) is 0 Å². The van der Waals surface area contributed by atoms with E-state index in [0.717, 1.165) is 11.1 Å². The van der Waals surface area contributed by atoms with Crippen LogP contribution >= 0.6 is 27.7 Å². The number of hydrogen-bond donors (Lipinski definition) is 2. The number of anilines is 1. The fourth-order valence-corrected chi connectivity index (χ4v) is 3.84. The van der Waals surface area contributed by atoms with Gasteiger partial charge >= 0.3 is 0 Å². The van der Waals surface area contributed by atoms with Gasteiger partial charge in [-0.05, 0) is 52.7 Å². The van der Waals surface area contributed by atoms with Gasteiger partial charge in [-0.2, -0.15) is 5.10 Å². The van der Waals surface area contributed by atoms with Gasteiger partial charge in [0.1, 0.15) is 0 Å². The molecule has 3 rings (SSSR count). The van der Waals surface area contributed by atoms with E-state index in [1.807, 2.05) is 67.6 Å². The number of rotatable bonds is 10. The normalized spacial score (nSPS) is 11.4. The molecule has 0 bridgehead atoms. The average molecular weight is 541 g/mol.